The molecule has 0 saturated carbocycles. The van der Waals surface area contributed by atoms with Crippen molar-refractivity contribution in [2.24, 2.45) is 5.92 Å². The molecule has 0 spiro atoms. The number of amides is 1. The summed E-state index contributed by atoms with van der Waals surface area (Å²) in [4.78, 5) is 41.6. The van der Waals surface area contributed by atoms with Gasteiger partial charge in [0.15, 0.2) is 12.4 Å². The molecule has 1 fully saturated rings. The summed E-state index contributed by atoms with van der Waals surface area (Å²) in [6.45, 7) is 3.76. The van der Waals surface area contributed by atoms with Gasteiger partial charge in [-0.3, -0.25) is 9.59 Å². The molecule has 1 aliphatic rings. The number of carbonyl (C=O) groups is 2. The van der Waals surface area contributed by atoms with E-state index >= 15 is 0 Å². The van der Waals surface area contributed by atoms with Crippen LogP contribution in [0, 0.1) is 19.8 Å². The molecule has 10 heteroatoms. The van der Waals surface area contributed by atoms with Gasteiger partial charge in [-0.15, -0.1) is 11.3 Å². The summed E-state index contributed by atoms with van der Waals surface area (Å²) in [6.07, 6.45) is 0.0503. The van der Waals surface area contributed by atoms with Crippen LogP contribution >= 0.6 is 11.3 Å². The van der Waals surface area contributed by atoms with E-state index in [9.17, 15) is 9.59 Å². The Morgan fingerprint density at radius 1 is 1.08 bits per heavy atom. The first kappa shape index (κ1) is 24.4. The van der Waals surface area contributed by atoms with Gasteiger partial charge >= 0.3 is 5.97 Å². The van der Waals surface area contributed by atoms with E-state index < -0.39 is 17.9 Å². The Labute approximate surface area is 218 Å². The van der Waals surface area contributed by atoms with Crippen LogP contribution in [0.15, 0.2) is 66.0 Å². The molecule has 1 saturated heterocycles. The largest absolute Gasteiger partial charge is 0.457 e. The topological polar surface area (TPSA) is 123 Å². The first-order valence-electron chi connectivity index (χ1n) is 11.8. The van der Waals surface area contributed by atoms with Gasteiger partial charge < -0.3 is 20.7 Å². The van der Waals surface area contributed by atoms with Crippen LogP contribution in [0.1, 0.15) is 34.3 Å². The molecule has 0 radical (unpaired) electrons. The lowest BCUT2D eigenvalue weighted by Crippen LogP contribution is -2.30. The van der Waals surface area contributed by atoms with Crippen molar-refractivity contribution in [2.45, 2.75) is 32.9 Å². The molecule has 0 unspecified atom stereocenters. The minimum absolute atomic E-state index is 0.00943. The number of nitrogens with one attached hydrogen (secondary N) is 1. The summed E-state index contributed by atoms with van der Waals surface area (Å²) in [6, 6.07) is 18.8. The van der Waals surface area contributed by atoms with Crippen LogP contribution in [-0.2, 0) is 20.9 Å². The van der Waals surface area contributed by atoms with Crippen LogP contribution in [0.25, 0.3) is 0 Å². The third-order valence-electron chi connectivity index (χ3n) is 6.21. The first-order chi connectivity index (χ1) is 17.9. The maximum atomic E-state index is 13.3. The van der Waals surface area contributed by atoms with Crippen molar-refractivity contribution >= 4 is 46.5 Å². The van der Waals surface area contributed by atoms with E-state index in [0.29, 0.717) is 0 Å². The molecule has 37 heavy (non-hydrogen) atoms. The Balaban J connectivity index is 1.34. The molecule has 4 aromatic rings. The van der Waals surface area contributed by atoms with Crippen LogP contribution in [-0.4, -0.2) is 26.8 Å². The molecular formula is C27H26N6O3S. The third-order valence-corrected chi connectivity index (χ3v) is 7.15. The number of nitrogens with two attached hydrogens (primary N) is 1. The number of hydrogen-bond donors (Lipinski definition) is 2. The Kier molecular flexibility index (Phi) is 6.82. The van der Waals surface area contributed by atoms with E-state index in [1.54, 1.807) is 4.90 Å². The minimum atomic E-state index is -0.670. The maximum absolute atomic E-state index is 13.3. The van der Waals surface area contributed by atoms with Gasteiger partial charge in [0.25, 0.3) is 0 Å². The number of anilines is 4. The van der Waals surface area contributed by atoms with E-state index in [1.807, 2.05) is 79.9 Å². The minimum Gasteiger partial charge on any atom is -0.457 e. The number of para-hydroxylation sites is 1. The quantitative estimate of drug-likeness (QED) is 0.340. The van der Waals surface area contributed by atoms with Crippen molar-refractivity contribution in [3.63, 3.8) is 0 Å². The molecule has 2 aromatic carbocycles. The Morgan fingerprint density at radius 3 is 2.59 bits per heavy atom. The highest BCUT2D eigenvalue weighted by atomic mass is 32.1. The number of rotatable bonds is 7. The van der Waals surface area contributed by atoms with Crippen molar-refractivity contribution in [2.75, 3.05) is 16.0 Å². The van der Waals surface area contributed by atoms with Crippen LogP contribution < -0.4 is 16.0 Å². The van der Waals surface area contributed by atoms with Gasteiger partial charge in [0.2, 0.25) is 17.8 Å². The van der Waals surface area contributed by atoms with Crippen molar-refractivity contribution in [1.29, 1.82) is 0 Å². The van der Waals surface area contributed by atoms with Crippen molar-refractivity contribution in [3.8, 4) is 0 Å². The summed E-state index contributed by atoms with van der Waals surface area (Å²) in [5.74, 6) is -0.811. The molecule has 3 N–H and O–H groups in total. The summed E-state index contributed by atoms with van der Waals surface area (Å²) in [5.41, 5.74) is 9.57. The molecule has 0 bridgehead atoms. The number of hydrogen-bond acceptors (Lipinski definition) is 9. The second kappa shape index (κ2) is 10.4. The molecule has 9 nitrogen and oxygen atoms in total. The molecule has 5 rings (SSSR count). The lowest BCUT2D eigenvalue weighted by atomic mass is 9.99. The number of aryl methyl sites for hydroxylation is 2. The number of nitrogen functional groups attached to an aromatic ring is 1. The Hall–Kier alpha value is -4.31. The third kappa shape index (κ3) is 5.29. The molecule has 1 amide bonds. The normalized spacial score (nSPS) is 17.1. The maximum Gasteiger partial charge on any atom is 0.312 e. The van der Waals surface area contributed by atoms with Crippen LogP contribution in [0.3, 0.4) is 0 Å². The van der Waals surface area contributed by atoms with Gasteiger partial charge in [-0.25, -0.2) is 0 Å². The molecule has 2 aromatic heterocycles. The summed E-state index contributed by atoms with van der Waals surface area (Å²) >= 11 is 1.51. The zero-order chi connectivity index (χ0) is 25.9. The number of carbonyl (C=O) groups excluding carboxylic acids is 2. The highest BCUT2D eigenvalue weighted by Crippen LogP contribution is 2.43. The van der Waals surface area contributed by atoms with Gasteiger partial charge in [0, 0.05) is 22.7 Å². The number of aromatic nitrogens is 3. The number of benzene rings is 2. The molecule has 3 heterocycles. The van der Waals surface area contributed by atoms with Gasteiger partial charge in [0.1, 0.15) is 0 Å². The van der Waals surface area contributed by atoms with Crippen molar-refractivity contribution < 1.29 is 14.3 Å². The van der Waals surface area contributed by atoms with Gasteiger partial charge in [-0.1, -0.05) is 42.0 Å². The molecule has 1 aliphatic heterocycles. The molecule has 0 aliphatic carbocycles. The Bertz CT molecular complexity index is 1420. The van der Waals surface area contributed by atoms with Gasteiger partial charge in [-0.05, 0) is 49.1 Å². The fourth-order valence-corrected chi connectivity index (χ4v) is 5.26. The molecule has 188 valence electrons. The fraction of sp³-hybridized carbons (Fsp3) is 0.222. The standard InChI is InChI=1S/C27H26N6O3S/c1-16-9-11-18(12-10-16)33-23(34)14-19(24(33)21-8-5-13-37-21)25(35)36-15-22-30-26(28)32-27(31-22)29-20-7-4-3-6-17(20)2/h3-13,19,24H,14-15H2,1-2H3,(H3,28,29,30,31,32)/t19-,24+/m0/s1. The first-order valence-corrected chi connectivity index (χ1v) is 12.7. The van der Waals surface area contributed by atoms with Crippen LogP contribution in [0.4, 0.5) is 23.3 Å². The van der Waals surface area contributed by atoms with Crippen molar-refractivity contribution in [1.82, 2.24) is 15.0 Å². The molecular weight excluding hydrogens is 488 g/mol. The van der Waals surface area contributed by atoms with E-state index in [2.05, 4.69) is 20.3 Å². The van der Waals surface area contributed by atoms with Crippen LogP contribution in [0.5, 0.6) is 0 Å². The van der Waals surface area contributed by atoms with Crippen molar-refractivity contribution in [3.05, 3.63) is 87.9 Å². The average Bonchev–Trinajstić information content (AvgIpc) is 3.52. The summed E-state index contributed by atoms with van der Waals surface area (Å²) in [5, 5.41) is 5.06. The predicted octanol–water partition coefficient (Wildman–Crippen LogP) is 4.71. The summed E-state index contributed by atoms with van der Waals surface area (Å²) in [7, 11) is 0. The SMILES string of the molecule is Cc1ccc(N2C(=O)C[C@H](C(=O)OCc3nc(N)nc(Nc4ccccc4C)n3)[C@@H]2c2cccs2)cc1. The lowest BCUT2D eigenvalue weighted by molar-refractivity contribution is -0.150. The second-order valence-corrected chi connectivity index (χ2v) is 9.83. The second-order valence-electron chi connectivity index (χ2n) is 8.85. The smallest absolute Gasteiger partial charge is 0.312 e. The van der Waals surface area contributed by atoms with E-state index in [1.165, 1.54) is 11.3 Å². The zero-order valence-corrected chi connectivity index (χ0v) is 21.2. The van der Waals surface area contributed by atoms with Gasteiger partial charge in [0.05, 0.1) is 12.0 Å². The number of ether oxygens (including phenoxy) is 1. The van der Waals surface area contributed by atoms with Gasteiger partial charge in [-0.2, -0.15) is 15.0 Å². The molecule has 2 atom stereocenters. The highest BCUT2D eigenvalue weighted by molar-refractivity contribution is 7.10. The van der Waals surface area contributed by atoms with E-state index in [0.717, 1.165) is 27.4 Å². The fourth-order valence-electron chi connectivity index (χ4n) is 4.38. The lowest BCUT2D eigenvalue weighted by Gasteiger charge is -2.27. The number of thiophene rings is 1. The highest BCUT2D eigenvalue weighted by Gasteiger charge is 2.46. The van der Waals surface area contributed by atoms with E-state index in [4.69, 9.17) is 10.5 Å². The summed E-state index contributed by atoms with van der Waals surface area (Å²) < 4.78 is 5.63. The predicted molar refractivity (Wildman–Crippen MR) is 142 cm³/mol. The average molecular weight is 515 g/mol. The number of esters is 1. The monoisotopic (exact) mass is 514 g/mol. The number of nitrogens with zero attached hydrogens (tertiary/aromatic N) is 4. The zero-order valence-electron chi connectivity index (χ0n) is 20.4. The van der Waals surface area contributed by atoms with Crippen LogP contribution in [0.2, 0.25) is 0 Å². The Morgan fingerprint density at radius 2 is 1.86 bits per heavy atom. The van der Waals surface area contributed by atoms with E-state index in [-0.39, 0.29) is 36.7 Å².